The lowest BCUT2D eigenvalue weighted by Crippen LogP contribution is -2.60. The summed E-state index contributed by atoms with van der Waals surface area (Å²) >= 11 is 0. The third kappa shape index (κ3) is 4.55. The Morgan fingerprint density at radius 3 is 2.38 bits per heavy atom. The SMILES string of the molecule is COCO[C@@H]1CC[C@@]2(C)[C@@H](CC[C@@H]3[C@@H]2[C@@H](OC(C)=O)C[C@]2(C)[C@@H](C(=O)COC(C)=O)CC[C@@H]32)C1. The maximum absolute atomic E-state index is 13.1. The van der Waals surface area contributed by atoms with Gasteiger partial charge in [-0.1, -0.05) is 13.8 Å². The summed E-state index contributed by atoms with van der Waals surface area (Å²) in [6, 6.07) is 0. The Labute approximate surface area is 203 Å². The zero-order valence-electron chi connectivity index (χ0n) is 21.5. The van der Waals surface area contributed by atoms with Crippen molar-refractivity contribution in [3.8, 4) is 0 Å². The van der Waals surface area contributed by atoms with E-state index in [4.69, 9.17) is 18.9 Å². The van der Waals surface area contributed by atoms with E-state index >= 15 is 0 Å². The number of Topliss-reactive ketones (excluding diaryl/α,β-unsaturated/α-hetero) is 1. The first-order valence-electron chi connectivity index (χ1n) is 13.0. The average Bonchev–Trinajstić information content (AvgIpc) is 3.12. The zero-order chi connectivity index (χ0) is 24.7. The molecule has 0 N–H and O–H groups in total. The van der Waals surface area contributed by atoms with Crippen LogP contribution in [-0.4, -0.2) is 50.4 Å². The summed E-state index contributed by atoms with van der Waals surface area (Å²) in [4.78, 5) is 36.6. The molecule has 0 aliphatic heterocycles. The number of hydrogen-bond donors (Lipinski definition) is 0. The smallest absolute Gasteiger partial charge is 0.303 e. The van der Waals surface area contributed by atoms with Gasteiger partial charge >= 0.3 is 11.9 Å². The topological polar surface area (TPSA) is 88.1 Å². The normalized spacial score (nSPS) is 43.3. The van der Waals surface area contributed by atoms with E-state index in [9.17, 15) is 14.4 Å². The van der Waals surface area contributed by atoms with Crippen molar-refractivity contribution in [3.05, 3.63) is 0 Å². The molecule has 0 bridgehead atoms. The van der Waals surface area contributed by atoms with Crippen molar-refractivity contribution in [2.24, 2.45) is 40.4 Å². The maximum Gasteiger partial charge on any atom is 0.303 e. The molecule has 0 spiro atoms. The highest BCUT2D eigenvalue weighted by Gasteiger charge is 2.65. The predicted molar refractivity (Wildman–Crippen MR) is 125 cm³/mol. The molecule has 0 aromatic carbocycles. The van der Waals surface area contributed by atoms with Gasteiger partial charge in [0.25, 0.3) is 0 Å². The van der Waals surface area contributed by atoms with Crippen LogP contribution in [0.15, 0.2) is 0 Å². The standard InChI is InChI=1S/C27H42O7/c1-16(28)32-14-23(30)22-9-8-21-20-7-6-18-12-19(33-15-31-5)10-11-26(18,3)25(20)24(34-17(2)29)13-27(21,22)4/h18-22,24-25H,6-15H2,1-5H3/t18-,19+,20-,21-,22+,24-,25+,26-,27-/m0/s1. The van der Waals surface area contributed by atoms with Crippen molar-refractivity contribution in [3.63, 3.8) is 0 Å². The Balaban J connectivity index is 1.59. The van der Waals surface area contributed by atoms with Gasteiger partial charge in [-0.3, -0.25) is 14.4 Å². The minimum Gasteiger partial charge on any atom is -0.462 e. The van der Waals surface area contributed by atoms with E-state index in [0.29, 0.717) is 36.9 Å². The molecule has 0 saturated heterocycles. The molecule has 0 heterocycles. The van der Waals surface area contributed by atoms with Gasteiger partial charge in [-0.15, -0.1) is 0 Å². The Morgan fingerprint density at radius 1 is 0.941 bits per heavy atom. The molecule has 34 heavy (non-hydrogen) atoms. The Bertz CT molecular complexity index is 796. The molecular formula is C27H42O7. The fourth-order valence-electron chi connectivity index (χ4n) is 8.75. The van der Waals surface area contributed by atoms with E-state index in [1.807, 2.05) is 0 Å². The van der Waals surface area contributed by atoms with Crippen LogP contribution in [0.25, 0.3) is 0 Å². The molecule has 0 aromatic rings. The summed E-state index contributed by atoms with van der Waals surface area (Å²) in [5, 5.41) is 0. The number of hydrogen-bond acceptors (Lipinski definition) is 7. The van der Waals surface area contributed by atoms with Crippen LogP contribution in [0.1, 0.15) is 79.1 Å². The molecule has 7 heteroatoms. The zero-order valence-corrected chi connectivity index (χ0v) is 21.5. The summed E-state index contributed by atoms with van der Waals surface area (Å²) in [5.74, 6) is 0.896. The number of rotatable bonds is 7. The van der Waals surface area contributed by atoms with E-state index in [0.717, 1.165) is 44.9 Å². The summed E-state index contributed by atoms with van der Waals surface area (Å²) in [5.41, 5.74) is -0.141. The number of methoxy groups -OCH3 is 1. The maximum atomic E-state index is 13.1. The van der Waals surface area contributed by atoms with Gasteiger partial charge in [0.05, 0.1) is 6.10 Å². The van der Waals surface area contributed by atoms with Crippen LogP contribution >= 0.6 is 0 Å². The van der Waals surface area contributed by atoms with Crippen molar-refractivity contribution < 1.29 is 33.3 Å². The van der Waals surface area contributed by atoms with Crippen LogP contribution in [0, 0.1) is 40.4 Å². The molecule has 4 rings (SSSR count). The van der Waals surface area contributed by atoms with Crippen molar-refractivity contribution in [1.82, 2.24) is 0 Å². The molecule has 192 valence electrons. The minimum atomic E-state index is -0.425. The van der Waals surface area contributed by atoms with Crippen molar-refractivity contribution >= 4 is 17.7 Å². The first kappa shape index (κ1) is 25.6. The monoisotopic (exact) mass is 478 g/mol. The molecule has 4 saturated carbocycles. The minimum absolute atomic E-state index is 0.0101. The molecule has 9 atom stereocenters. The number of carbonyl (C=O) groups excluding carboxylic acids is 3. The van der Waals surface area contributed by atoms with Crippen LogP contribution in [0.5, 0.6) is 0 Å². The van der Waals surface area contributed by atoms with Gasteiger partial charge in [0, 0.05) is 32.8 Å². The van der Waals surface area contributed by atoms with E-state index < -0.39 is 5.97 Å². The molecule has 0 amide bonds. The first-order valence-corrected chi connectivity index (χ1v) is 13.0. The molecule has 7 nitrogen and oxygen atoms in total. The highest BCUT2D eigenvalue weighted by Crippen LogP contribution is 2.68. The molecule has 4 aliphatic rings. The van der Waals surface area contributed by atoms with E-state index in [-0.39, 0.29) is 47.3 Å². The summed E-state index contributed by atoms with van der Waals surface area (Å²) in [6.07, 6.45) is 7.93. The Hall–Kier alpha value is -1.47. The molecule has 0 radical (unpaired) electrons. The van der Waals surface area contributed by atoms with E-state index in [1.54, 1.807) is 7.11 Å². The van der Waals surface area contributed by atoms with Crippen LogP contribution in [-0.2, 0) is 33.3 Å². The molecule has 4 fully saturated rings. The number of esters is 2. The average molecular weight is 479 g/mol. The second kappa shape index (κ2) is 9.88. The second-order valence-corrected chi connectivity index (χ2v) is 11.8. The van der Waals surface area contributed by atoms with Crippen LogP contribution < -0.4 is 0 Å². The van der Waals surface area contributed by atoms with Gasteiger partial charge in [0.2, 0.25) is 0 Å². The van der Waals surface area contributed by atoms with Crippen molar-refractivity contribution in [2.75, 3.05) is 20.5 Å². The highest BCUT2D eigenvalue weighted by atomic mass is 16.7. The van der Waals surface area contributed by atoms with Gasteiger partial charge < -0.3 is 18.9 Å². The summed E-state index contributed by atoms with van der Waals surface area (Å²) in [7, 11) is 1.66. The third-order valence-corrected chi connectivity index (χ3v) is 10.1. The van der Waals surface area contributed by atoms with Gasteiger partial charge in [-0.05, 0) is 80.0 Å². The summed E-state index contributed by atoms with van der Waals surface area (Å²) in [6.45, 7) is 7.65. The summed E-state index contributed by atoms with van der Waals surface area (Å²) < 4.78 is 22.2. The van der Waals surface area contributed by atoms with E-state index in [1.165, 1.54) is 13.8 Å². The molecule has 0 aromatic heterocycles. The first-order chi connectivity index (χ1) is 16.1. The van der Waals surface area contributed by atoms with E-state index in [2.05, 4.69) is 13.8 Å². The Morgan fingerprint density at radius 2 is 1.71 bits per heavy atom. The highest BCUT2D eigenvalue weighted by molar-refractivity contribution is 5.85. The molecular weight excluding hydrogens is 436 g/mol. The molecule has 0 unspecified atom stereocenters. The lowest BCUT2D eigenvalue weighted by atomic mass is 9.43. The fourth-order valence-corrected chi connectivity index (χ4v) is 8.75. The van der Waals surface area contributed by atoms with Crippen LogP contribution in [0.2, 0.25) is 0 Å². The fraction of sp³-hybridized carbons (Fsp3) is 0.889. The second-order valence-electron chi connectivity index (χ2n) is 11.8. The lowest BCUT2D eigenvalue weighted by Gasteiger charge is -2.62. The van der Waals surface area contributed by atoms with Gasteiger partial charge in [0.15, 0.2) is 5.78 Å². The van der Waals surface area contributed by atoms with Crippen molar-refractivity contribution in [2.45, 2.75) is 91.3 Å². The van der Waals surface area contributed by atoms with Crippen LogP contribution in [0.3, 0.4) is 0 Å². The number of fused-ring (bicyclic) bond motifs is 5. The van der Waals surface area contributed by atoms with Gasteiger partial charge in [-0.25, -0.2) is 0 Å². The lowest BCUT2D eigenvalue weighted by molar-refractivity contribution is -0.203. The largest absolute Gasteiger partial charge is 0.462 e. The number of ketones is 1. The molecule has 4 aliphatic carbocycles. The Kier molecular flexibility index (Phi) is 7.45. The third-order valence-electron chi connectivity index (χ3n) is 10.1. The van der Waals surface area contributed by atoms with Crippen molar-refractivity contribution in [1.29, 1.82) is 0 Å². The van der Waals surface area contributed by atoms with Gasteiger partial charge in [-0.2, -0.15) is 0 Å². The number of ether oxygens (including phenoxy) is 4. The van der Waals surface area contributed by atoms with Crippen LogP contribution in [0.4, 0.5) is 0 Å². The van der Waals surface area contributed by atoms with Gasteiger partial charge in [0.1, 0.15) is 19.5 Å². The quantitative estimate of drug-likeness (QED) is 0.398. The number of carbonyl (C=O) groups is 3. The predicted octanol–water partition coefficient (Wildman–Crippen LogP) is 4.31.